The summed E-state index contributed by atoms with van der Waals surface area (Å²) in [5.74, 6) is 0.206. The molecule has 0 aromatic heterocycles. The van der Waals surface area contributed by atoms with Gasteiger partial charge in [-0.1, -0.05) is 23.2 Å². The van der Waals surface area contributed by atoms with Gasteiger partial charge in [0, 0.05) is 37.1 Å². The molecule has 3 N–H and O–H groups in total. The number of likely N-dealkylation sites (tertiary alicyclic amines) is 1. The van der Waals surface area contributed by atoms with Crippen LogP contribution in [0.1, 0.15) is 25.7 Å². The minimum atomic E-state index is -0.121. The van der Waals surface area contributed by atoms with Crippen molar-refractivity contribution in [2.24, 2.45) is 5.73 Å². The highest BCUT2D eigenvalue weighted by Gasteiger charge is 2.27. The molecule has 1 aromatic rings. The summed E-state index contributed by atoms with van der Waals surface area (Å²) in [5, 5.41) is 3.71. The predicted molar refractivity (Wildman–Crippen MR) is 98.0 cm³/mol. The van der Waals surface area contributed by atoms with E-state index in [2.05, 4.69) is 5.32 Å². The second-order valence-electron chi connectivity index (χ2n) is 5.94. The Bertz CT molecular complexity index is 613. The van der Waals surface area contributed by atoms with Gasteiger partial charge in [0.15, 0.2) is 6.61 Å². The Morgan fingerprint density at radius 1 is 1.32 bits per heavy atom. The van der Waals surface area contributed by atoms with Crippen molar-refractivity contribution in [1.82, 2.24) is 10.2 Å². The molecule has 25 heavy (non-hydrogen) atoms. The SMILES string of the molecule is NCCC(=O)NCC1CCCCN1C(=O)COc1ccc(Cl)cc1Cl. The van der Waals surface area contributed by atoms with Crippen LogP contribution in [-0.4, -0.2) is 49.0 Å². The fraction of sp³-hybridized carbons (Fsp3) is 0.529. The fourth-order valence-electron chi connectivity index (χ4n) is 2.81. The number of piperidine rings is 1. The van der Waals surface area contributed by atoms with Gasteiger partial charge in [-0.3, -0.25) is 9.59 Å². The summed E-state index contributed by atoms with van der Waals surface area (Å²) in [6.07, 6.45) is 3.13. The van der Waals surface area contributed by atoms with Crippen molar-refractivity contribution in [3.63, 3.8) is 0 Å². The van der Waals surface area contributed by atoms with Crippen LogP contribution in [0.5, 0.6) is 5.75 Å². The lowest BCUT2D eigenvalue weighted by molar-refractivity contribution is -0.137. The number of rotatable bonds is 7. The van der Waals surface area contributed by atoms with Crippen molar-refractivity contribution in [3.05, 3.63) is 28.2 Å². The molecular weight excluding hydrogens is 365 g/mol. The van der Waals surface area contributed by atoms with Gasteiger partial charge in [0.2, 0.25) is 5.91 Å². The average molecular weight is 388 g/mol. The van der Waals surface area contributed by atoms with E-state index in [0.717, 1.165) is 19.3 Å². The van der Waals surface area contributed by atoms with Crippen LogP contribution < -0.4 is 15.8 Å². The Morgan fingerprint density at radius 2 is 2.12 bits per heavy atom. The lowest BCUT2D eigenvalue weighted by atomic mass is 10.0. The Morgan fingerprint density at radius 3 is 2.84 bits per heavy atom. The van der Waals surface area contributed by atoms with Gasteiger partial charge in [0.25, 0.3) is 5.91 Å². The van der Waals surface area contributed by atoms with Crippen LogP contribution >= 0.6 is 23.2 Å². The zero-order chi connectivity index (χ0) is 18.2. The van der Waals surface area contributed by atoms with E-state index in [1.54, 1.807) is 23.1 Å². The summed E-state index contributed by atoms with van der Waals surface area (Å²) in [5.41, 5.74) is 5.37. The first-order valence-corrected chi connectivity index (χ1v) is 9.11. The molecule has 138 valence electrons. The van der Waals surface area contributed by atoms with Gasteiger partial charge < -0.3 is 20.7 Å². The van der Waals surface area contributed by atoms with Crippen molar-refractivity contribution in [2.75, 3.05) is 26.2 Å². The average Bonchev–Trinajstić information content (AvgIpc) is 2.59. The summed E-state index contributed by atoms with van der Waals surface area (Å²) in [7, 11) is 0. The second kappa shape index (κ2) is 9.85. The van der Waals surface area contributed by atoms with E-state index in [1.807, 2.05) is 0 Å². The molecule has 0 spiro atoms. The van der Waals surface area contributed by atoms with Crippen LogP contribution in [0.25, 0.3) is 0 Å². The summed E-state index contributed by atoms with van der Waals surface area (Å²) in [6.45, 7) is 1.31. The van der Waals surface area contributed by atoms with Crippen LogP contribution in [0.3, 0.4) is 0 Å². The van der Waals surface area contributed by atoms with Gasteiger partial charge in [0.1, 0.15) is 5.75 Å². The molecule has 1 aliphatic rings. The number of benzene rings is 1. The molecule has 6 nitrogen and oxygen atoms in total. The number of nitrogens with zero attached hydrogens (tertiary/aromatic N) is 1. The molecule has 1 atom stereocenters. The Balaban J connectivity index is 1.89. The van der Waals surface area contributed by atoms with E-state index >= 15 is 0 Å². The highest BCUT2D eigenvalue weighted by atomic mass is 35.5. The first-order valence-electron chi connectivity index (χ1n) is 8.35. The molecule has 0 bridgehead atoms. The van der Waals surface area contributed by atoms with E-state index in [4.69, 9.17) is 33.7 Å². The number of amides is 2. The number of nitrogens with one attached hydrogen (secondary N) is 1. The van der Waals surface area contributed by atoms with E-state index in [1.165, 1.54) is 0 Å². The number of carbonyl (C=O) groups is 2. The van der Waals surface area contributed by atoms with Crippen molar-refractivity contribution in [3.8, 4) is 5.75 Å². The molecule has 8 heteroatoms. The van der Waals surface area contributed by atoms with Crippen LogP contribution in [0, 0.1) is 0 Å². The third kappa shape index (κ3) is 6.06. The molecule has 2 rings (SSSR count). The number of halogens is 2. The minimum absolute atomic E-state index is 0.0211. The van der Waals surface area contributed by atoms with Crippen LogP contribution in [0.2, 0.25) is 10.0 Å². The van der Waals surface area contributed by atoms with Crippen LogP contribution in [0.15, 0.2) is 18.2 Å². The molecule has 1 aromatic carbocycles. The standard InChI is InChI=1S/C17H23Cl2N3O3/c18-12-4-5-15(14(19)9-12)25-11-17(24)22-8-2-1-3-13(22)10-21-16(23)6-7-20/h4-5,9,13H,1-3,6-8,10-11,20H2,(H,21,23). The van der Waals surface area contributed by atoms with Crippen molar-refractivity contribution in [1.29, 1.82) is 0 Å². The molecular formula is C17H23Cl2N3O3. The molecule has 0 saturated carbocycles. The molecule has 1 heterocycles. The number of hydrogen-bond acceptors (Lipinski definition) is 4. The molecule has 1 fully saturated rings. The largest absolute Gasteiger partial charge is 0.482 e. The molecule has 1 saturated heterocycles. The summed E-state index contributed by atoms with van der Waals surface area (Å²) >= 11 is 11.9. The quantitative estimate of drug-likeness (QED) is 0.750. The zero-order valence-electron chi connectivity index (χ0n) is 14.0. The van der Waals surface area contributed by atoms with Gasteiger partial charge >= 0.3 is 0 Å². The smallest absolute Gasteiger partial charge is 0.260 e. The minimum Gasteiger partial charge on any atom is -0.482 e. The predicted octanol–water partition coefficient (Wildman–Crippen LogP) is 2.22. The lowest BCUT2D eigenvalue weighted by Crippen LogP contribution is -2.50. The van der Waals surface area contributed by atoms with Crippen molar-refractivity contribution in [2.45, 2.75) is 31.7 Å². The monoisotopic (exact) mass is 387 g/mol. The Kier molecular flexibility index (Phi) is 7.81. The highest BCUT2D eigenvalue weighted by Crippen LogP contribution is 2.27. The van der Waals surface area contributed by atoms with Crippen molar-refractivity contribution >= 4 is 35.0 Å². The van der Waals surface area contributed by atoms with Crippen LogP contribution in [-0.2, 0) is 9.59 Å². The number of nitrogens with two attached hydrogens (primary N) is 1. The van der Waals surface area contributed by atoms with Gasteiger partial charge in [0.05, 0.1) is 5.02 Å². The topological polar surface area (TPSA) is 84.7 Å². The summed E-state index contributed by atoms with van der Waals surface area (Å²) in [4.78, 5) is 25.9. The van der Waals surface area contributed by atoms with Crippen molar-refractivity contribution < 1.29 is 14.3 Å². The number of ether oxygens (including phenoxy) is 1. The highest BCUT2D eigenvalue weighted by molar-refractivity contribution is 6.35. The van der Waals surface area contributed by atoms with Crippen LogP contribution in [0.4, 0.5) is 0 Å². The zero-order valence-corrected chi connectivity index (χ0v) is 15.5. The van der Waals surface area contributed by atoms with E-state index < -0.39 is 0 Å². The van der Waals surface area contributed by atoms with Gasteiger partial charge in [-0.15, -0.1) is 0 Å². The first-order chi connectivity index (χ1) is 12.0. The van der Waals surface area contributed by atoms with Gasteiger partial charge in [-0.2, -0.15) is 0 Å². The molecule has 2 amide bonds. The molecule has 1 aliphatic heterocycles. The summed E-state index contributed by atoms with van der Waals surface area (Å²) < 4.78 is 5.53. The van der Waals surface area contributed by atoms with Gasteiger partial charge in [-0.05, 0) is 37.5 Å². The lowest BCUT2D eigenvalue weighted by Gasteiger charge is -2.35. The van der Waals surface area contributed by atoms with E-state index in [9.17, 15) is 9.59 Å². The maximum Gasteiger partial charge on any atom is 0.260 e. The van der Waals surface area contributed by atoms with Gasteiger partial charge in [-0.25, -0.2) is 0 Å². The molecule has 0 radical (unpaired) electrons. The fourth-order valence-corrected chi connectivity index (χ4v) is 3.27. The Labute approximate surface area is 157 Å². The maximum atomic E-state index is 12.5. The molecule has 1 unspecified atom stereocenters. The maximum absolute atomic E-state index is 12.5. The third-order valence-corrected chi connectivity index (χ3v) is 4.63. The van der Waals surface area contributed by atoms with E-state index in [-0.39, 0.29) is 24.5 Å². The first kappa shape index (κ1) is 19.8. The molecule has 0 aliphatic carbocycles. The summed E-state index contributed by atoms with van der Waals surface area (Å²) in [6, 6.07) is 4.84. The third-order valence-electron chi connectivity index (χ3n) is 4.10. The Hall–Kier alpha value is -1.50. The normalized spacial score (nSPS) is 17.2. The number of hydrogen-bond donors (Lipinski definition) is 2. The number of carbonyl (C=O) groups excluding carboxylic acids is 2. The van der Waals surface area contributed by atoms with E-state index in [0.29, 0.717) is 41.8 Å². The second-order valence-corrected chi connectivity index (χ2v) is 6.79.